The van der Waals surface area contributed by atoms with Gasteiger partial charge in [-0.1, -0.05) is 36.7 Å². The number of rotatable bonds is 8. The Morgan fingerprint density at radius 2 is 2.12 bits per heavy atom. The number of hydrogen-bond acceptors (Lipinski definition) is 4. The molecule has 0 aliphatic carbocycles. The Hall–Kier alpha value is -1.76. The summed E-state index contributed by atoms with van der Waals surface area (Å²) in [4.78, 5) is 16.3. The van der Waals surface area contributed by atoms with Crippen molar-refractivity contribution in [2.24, 2.45) is 5.92 Å². The number of benzene rings is 1. The number of anilines is 1. The quantitative estimate of drug-likeness (QED) is 0.609. The Labute approximate surface area is 157 Å². The summed E-state index contributed by atoms with van der Waals surface area (Å²) in [6.07, 6.45) is 2.23. The molecule has 25 heavy (non-hydrogen) atoms. The number of hydrogen-bond donors (Lipinski definition) is 3. The number of nitrogens with zero attached hydrogens (tertiary/aromatic N) is 1. The highest BCUT2D eigenvalue weighted by molar-refractivity contribution is 7.99. The third-order valence-corrected chi connectivity index (χ3v) is 4.76. The number of aromatic nitrogens is 1. The number of carbonyl (C=O) groups excluding carboxylic acids is 1. The summed E-state index contributed by atoms with van der Waals surface area (Å²) in [7, 11) is 0. The standard InChI is InChI=1S/C18H22ClN3O2S/c1-2-25-17-8-7-15(11-20-17)22-18(24)21-10-13(12-23)9-14-5-3-4-6-16(14)19/h3-8,11,13,23H,2,9-10,12H2,1H3,(H2,21,22,24). The highest BCUT2D eigenvalue weighted by Crippen LogP contribution is 2.19. The molecule has 2 rings (SSSR count). The largest absolute Gasteiger partial charge is 0.396 e. The first-order valence-corrected chi connectivity index (χ1v) is 9.46. The third-order valence-electron chi connectivity index (χ3n) is 3.56. The molecule has 1 atom stereocenters. The molecule has 0 fully saturated rings. The van der Waals surface area contributed by atoms with Crippen LogP contribution in [0.1, 0.15) is 12.5 Å². The van der Waals surface area contributed by atoms with Gasteiger partial charge in [0.05, 0.1) is 16.9 Å². The van der Waals surface area contributed by atoms with E-state index in [1.165, 1.54) is 0 Å². The molecule has 2 amide bonds. The van der Waals surface area contributed by atoms with Crippen LogP contribution < -0.4 is 10.6 Å². The van der Waals surface area contributed by atoms with Crippen molar-refractivity contribution in [1.29, 1.82) is 0 Å². The molecule has 1 unspecified atom stereocenters. The first-order valence-electron chi connectivity index (χ1n) is 8.10. The van der Waals surface area contributed by atoms with E-state index in [0.29, 0.717) is 23.7 Å². The van der Waals surface area contributed by atoms with Gasteiger partial charge < -0.3 is 15.7 Å². The second-order valence-electron chi connectivity index (χ2n) is 5.50. The first-order chi connectivity index (χ1) is 12.1. The maximum atomic E-state index is 12.0. The fourth-order valence-corrected chi connectivity index (χ4v) is 3.08. The van der Waals surface area contributed by atoms with Crippen LogP contribution >= 0.6 is 23.4 Å². The monoisotopic (exact) mass is 379 g/mol. The van der Waals surface area contributed by atoms with Crippen LogP contribution in [-0.2, 0) is 6.42 Å². The average molecular weight is 380 g/mol. The third kappa shape index (κ3) is 6.57. The van der Waals surface area contributed by atoms with Crippen molar-refractivity contribution in [1.82, 2.24) is 10.3 Å². The van der Waals surface area contributed by atoms with Crippen molar-refractivity contribution in [2.45, 2.75) is 18.4 Å². The lowest BCUT2D eigenvalue weighted by molar-refractivity contribution is 0.218. The number of nitrogens with one attached hydrogen (secondary N) is 2. The molecule has 1 aromatic carbocycles. The second-order valence-corrected chi connectivity index (χ2v) is 7.19. The topological polar surface area (TPSA) is 74.2 Å². The summed E-state index contributed by atoms with van der Waals surface area (Å²) in [5, 5.41) is 16.6. The van der Waals surface area contributed by atoms with Crippen molar-refractivity contribution >= 4 is 35.1 Å². The number of aliphatic hydroxyl groups excluding tert-OH is 1. The van der Waals surface area contributed by atoms with Gasteiger partial charge >= 0.3 is 6.03 Å². The fraction of sp³-hybridized carbons (Fsp3) is 0.333. The van der Waals surface area contributed by atoms with Gasteiger partial charge in [0.15, 0.2) is 0 Å². The highest BCUT2D eigenvalue weighted by Gasteiger charge is 2.12. The second kappa shape index (κ2) is 10.3. The summed E-state index contributed by atoms with van der Waals surface area (Å²) < 4.78 is 0. The normalized spacial score (nSPS) is 11.8. The van der Waals surface area contributed by atoms with E-state index >= 15 is 0 Å². The van der Waals surface area contributed by atoms with Crippen LogP contribution in [0.15, 0.2) is 47.6 Å². The lowest BCUT2D eigenvalue weighted by Crippen LogP contribution is -2.35. The molecular weight excluding hydrogens is 358 g/mol. The molecule has 0 radical (unpaired) electrons. The molecule has 2 aromatic rings. The Bertz CT molecular complexity index is 682. The SMILES string of the molecule is CCSc1ccc(NC(=O)NCC(CO)Cc2ccccc2Cl)cn1. The zero-order valence-electron chi connectivity index (χ0n) is 14.0. The van der Waals surface area contributed by atoms with Gasteiger partial charge in [-0.25, -0.2) is 9.78 Å². The summed E-state index contributed by atoms with van der Waals surface area (Å²) >= 11 is 7.78. The fourth-order valence-electron chi connectivity index (χ4n) is 2.28. The summed E-state index contributed by atoms with van der Waals surface area (Å²) in [5.41, 5.74) is 1.59. The van der Waals surface area contributed by atoms with E-state index < -0.39 is 0 Å². The van der Waals surface area contributed by atoms with E-state index in [1.807, 2.05) is 36.4 Å². The molecular formula is C18H22ClN3O2S. The minimum Gasteiger partial charge on any atom is -0.396 e. The maximum absolute atomic E-state index is 12.0. The average Bonchev–Trinajstić information content (AvgIpc) is 2.62. The molecule has 0 saturated carbocycles. The van der Waals surface area contributed by atoms with Crippen LogP contribution in [0.5, 0.6) is 0 Å². The number of carbonyl (C=O) groups is 1. The maximum Gasteiger partial charge on any atom is 0.319 e. The van der Waals surface area contributed by atoms with Gasteiger partial charge in [0.2, 0.25) is 0 Å². The van der Waals surface area contributed by atoms with Gasteiger partial charge in [0, 0.05) is 24.1 Å². The number of thioether (sulfide) groups is 1. The van der Waals surface area contributed by atoms with E-state index in [1.54, 1.807) is 18.0 Å². The molecule has 0 saturated heterocycles. The van der Waals surface area contributed by atoms with Crippen molar-refractivity contribution in [3.63, 3.8) is 0 Å². The van der Waals surface area contributed by atoms with Gasteiger partial charge in [0.1, 0.15) is 0 Å². The van der Waals surface area contributed by atoms with Crippen LogP contribution in [-0.4, -0.2) is 35.0 Å². The summed E-state index contributed by atoms with van der Waals surface area (Å²) in [6.45, 7) is 2.38. The zero-order chi connectivity index (χ0) is 18.1. The molecule has 0 aliphatic rings. The van der Waals surface area contributed by atoms with Crippen LogP contribution in [0.4, 0.5) is 10.5 Å². The smallest absolute Gasteiger partial charge is 0.319 e. The van der Waals surface area contributed by atoms with Gasteiger partial charge in [-0.15, -0.1) is 11.8 Å². The predicted octanol–water partition coefficient (Wildman–Crippen LogP) is 3.82. The number of halogens is 1. The lowest BCUT2D eigenvalue weighted by atomic mass is 10.00. The summed E-state index contributed by atoms with van der Waals surface area (Å²) in [6, 6.07) is 10.9. The molecule has 1 heterocycles. The molecule has 134 valence electrons. The molecule has 0 spiro atoms. The van der Waals surface area contributed by atoms with Gasteiger partial charge in [-0.2, -0.15) is 0 Å². The number of aliphatic hydroxyl groups is 1. The minimum atomic E-state index is -0.324. The van der Waals surface area contributed by atoms with E-state index in [0.717, 1.165) is 16.3 Å². The Morgan fingerprint density at radius 1 is 1.32 bits per heavy atom. The number of amides is 2. The first kappa shape index (κ1) is 19.6. The van der Waals surface area contributed by atoms with Crippen LogP contribution in [0.25, 0.3) is 0 Å². The molecule has 5 nitrogen and oxygen atoms in total. The Morgan fingerprint density at radius 3 is 2.76 bits per heavy atom. The van der Waals surface area contributed by atoms with Crippen LogP contribution in [0, 0.1) is 5.92 Å². The van der Waals surface area contributed by atoms with Crippen molar-refractivity contribution in [3.8, 4) is 0 Å². The van der Waals surface area contributed by atoms with Crippen molar-refractivity contribution in [2.75, 3.05) is 24.2 Å². The number of urea groups is 1. The predicted molar refractivity (Wildman–Crippen MR) is 103 cm³/mol. The van der Waals surface area contributed by atoms with Crippen molar-refractivity contribution in [3.05, 3.63) is 53.2 Å². The Balaban J connectivity index is 1.82. The summed E-state index contributed by atoms with van der Waals surface area (Å²) in [5.74, 6) is 0.848. The van der Waals surface area contributed by atoms with E-state index in [2.05, 4.69) is 22.5 Å². The van der Waals surface area contributed by atoms with E-state index in [-0.39, 0.29) is 18.6 Å². The van der Waals surface area contributed by atoms with Gasteiger partial charge in [0.25, 0.3) is 0 Å². The van der Waals surface area contributed by atoms with Crippen LogP contribution in [0.3, 0.4) is 0 Å². The number of pyridine rings is 1. The molecule has 3 N–H and O–H groups in total. The molecule has 0 aliphatic heterocycles. The lowest BCUT2D eigenvalue weighted by Gasteiger charge is -2.16. The Kier molecular flexibility index (Phi) is 8.04. The van der Waals surface area contributed by atoms with Gasteiger partial charge in [-0.05, 0) is 35.9 Å². The molecule has 7 heteroatoms. The highest BCUT2D eigenvalue weighted by atomic mass is 35.5. The van der Waals surface area contributed by atoms with E-state index in [9.17, 15) is 9.90 Å². The molecule has 0 bridgehead atoms. The van der Waals surface area contributed by atoms with Gasteiger partial charge in [-0.3, -0.25) is 0 Å². The van der Waals surface area contributed by atoms with E-state index in [4.69, 9.17) is 11.6 Å². The minimum absolute atomic E-state index is 0.0317. The van der Waals surface area contributed by atoms with Crippen LogP contribution in [0.2, 0.25) is 5.02 Å². The van der Waals surface area contributed by atoms with Crippen molar-refractivity contribution < 1.29 is 9.90 Å². The zero-order valence-corrected chi connectivity index (χ0v) is 15.6. The molecule has 1 aromatic heterocycles.